The number of benzene rings is 1. The SMILES string of the molecule is CCNC(=NCC1(C)COC1)N(C)Cc1ccc(OC)c(F)c1. The van der Waals surface area contributed by atoms with Gasteiger partial charge in [-0.15, -0.1) is 0 Å². The molecule has 0 bridgehead atoms. The normalized spacial score (nSPS) is 16.7. The van der Waals surface area contributed by atoms with Crippen LogP contribution in [-0.4, -0.2) is 51.3 Å². The molecule has 0 aromatic heterocycles. The Bertz CT molecular complexity index is 559. The number of guanidine groups is 1. The second-order valence-corrected chi connectivity index (χ2v) is 6.30. The van der Waals surface area contributed by atoms with Gasteiger partial charge in [-0.05, 0) is 24.6 Å². The predicted octanol–water partition coefficient (Wildman–Crippen LogP) is 2.27. The molecular weight excluding hydrogens is 297 g/mol. The van der Waals surface area contributed by atoms with Crippen molar-refractivity contribution in [3.05, 3.63) is 29.6 Å². The zero-order valence-electron chi connectivity index (χ0n) is 14.4. The van der Waals surface area contributed by atoms with Gasteiger partial charge in [-0.1, -0.05) is 13.0 Å². The molecule has 1 saturated heterocycles. The Kier molecular flexibility index (Phi) is 5.82. The summed E-state index contributed by atoms with van der Waals surface area (Å²) in [7, 11) is 3.41. The molecule has 1 heterocycles. The molecule has 23 heavy (non-hydrogen) atoms. The maximum Gasteiger partial charge on any atom is 0.193 e. The van der Waals surface area contributed by atoms with Crippen molar-refractivity contribution in [3.63, 3.8) is 0 Å². The molecule has 0 aliphatic carbocycles. The smallest absolute Gasteiger partial charge is 0.193 e. The van der Waals surface area contributed by atoms with Crippen molar-refractivity contribution in [2.75, 3.05) is 40.5 Å². The summed E-state index contributed by atoms with van der Waals surface area (Å²) < 4.78 is 24.0. The van der Waals surface area contributed by atoms with Crippen LogP contribution < -0.4 is 10.1 Å². The maximum absolute atomic E-state index is 13.8. The molecule has 5 nitrogen and oxygen atoms in total. The number of nitrogens with zero attached hydrogens (tertiary/aromatic N) is 2. The number of hydrogen-bond donors (Lipinski definition) is 1. The van der Waals surface area contributed by atoms with E-state index in [0.29, 0.717) is 6.54 Å². The van der Waals surface area contributed by atoms with Gasteiger partial charge >= 0.3 is 0 Å². The molecule has 0 atom stereocenters. The number of hydrogen-bond acceptors (Lipinski definition) is 3. The lowest BCUT2D eigenvalue weighted by atomic mass is 9.89. The molecule has 1 aromatic rings. The quantitative estimate of drug-likeness (QED) is 0.644. The summed E-state index contributed by atoms with van der Waals surface area (Å²) in [6.45, 7) is 7.78. The first-order valence-corrected chi connectivity index (χ1v) is 7.87. The van der Waals surface area contributed by atoms with E-state index in [0.717, 1.165) is 37.8 Å². The van der Waals surface area contributed by atoms with Crippen molar-refractivity contribution in [1.29, 1.82) is 0 Å². The minimum absolute atomic E-state index is 0.133. The largest absolute Gasteiger partial charge is 0.494 e. The van der Waals surface area contributed by atoms with E-state index in [-0.39, 0.29) is 17.0 Å². The lowest BCUT2D eigenvalue weighted by molar-refractivity contribution is -0.0946. The second kappa shape index (κ2) is 7.64. The Labute approximate surface area is 137 Å². The highest BCUT2D eigenvalue weighted by Gasteiger charge is 2.33. The van der Waals surface area contributed by atoms with Gasteiger partial charge in [0.25, 0.3) is 0 Å². The van der Waals surface area contributed by atoms with Gasteiger partial charge in [-0.25, -0.2) is 4.39 Å². The first-order valence-electron chi connectivity index (χ1n) is 7.87. The standard InChI is InChI=1S/C17H26FN3O2/c1-5-19-16(20-10-17(2)11-23-12-17)21(3)9-13-6-7-15(22-4)14(18)8-13/h6-8H,5,9-12H2,1-4H3,(H,19,20). The number of rotatable bonds is 6. The highest BCUT2D eigenvalue weighted by Crippen LogP contribution is 2.26. The van der Waals surface area contributed by atoms with Crippen molar-refractivity contribution in [2.45, 2.75) is 20.4 Å². The maximum atomic E-state index is 13.8. The average molecular weight is 323 g/mol. The molecule has 1 aliphatic heterocycles. The third kappa shape index (κ3) is 4.58. The molecular formula is C17H26FN3O2. The summed E-state index contributed by atoms with van der Waals surface area (Å²) in [5, 5.41) is 3.28. The van der Waals surface area contributed by atoms with Crippen LogP contribution in [0.5, 0.6) is 5.75 Å². The Morgan fingerprint density at radius 1 is 1.48 bits per heavy atom. The molecule has 1 aromatic carbocycles. The molecule has 0 unspecified atom stereocenters. The van der Waals surface area contributed by atoms with E-state index in [1.807, 2.05) is 24.9 Å². The molecule has 128 valence electrons. The zero-order valence-corrected chi connectivity index (χ0v) is 14.4. The summed E-state index contributed by atoms with van der Waals surface area (Å²) in [4.78, 5) is 6.69. The van der Waals surface area contributed by atoms with Gasteiger partial charge in [0.05, 0.1) is 26.9 Å². The molecule has 0 radical (unpaired) electrons. The van der Waals surface area contributed by atoms with E-state index >= 15 is 0 Å². The highest BCUT2D eigenvalue weighted by atomic mass is 19.1. The summed E-state index contributed by atoms with van der Waals surface area (Å²) >= 11 is 0. The van der Waals surface area contributed by atoms with Crippen LogP contribution in [0.4, 0.5) is 4.39 Å². The van der Waals surface area contributed by atoms with E-state index in [1.165, 1.54) is 13.2 Å². The lowest BCUT2D eigenvalue weighted by Crippen LogP contribution is -2.44. The van der Waals surface area contributed by atoms with Crippen molar-refractivity contribution >= 4 is 5.96 Å². The molecule has 6 heteroatoms. The van der Waals surface area contributed by atoms with Gasteiger partial charge in [-0.2, -0.15) is 0 Å². The number of methoxy groups -OCH3 is 1. The Morgan fingerprint density at radius 3 is 2.74 bits per heavy atom. The molecule has 1 fully saturated rings. The third-order valence-corrected chi connectivity index (χ3v) is 3.84. The van der Waals surface area contributed by atoms with Gasteiger partial charge in [0.2, 0.25) is 0 Å². The molecule has 0 saturated carbocycles. The van der Waals surface area contributed by atoms with Gasteiger partial charge in [0.1, 0.15) is 0 Å². The van der Waals surface area contributed by atoms with E-state index < -0.39 is 0 Å². The minimum Gasteiger partial charge on any atom is -0.494 e. The third-order valence-electron chi connectivity index (χ3n) is 3.84. The van der Waals surface area contributed by atoms with Crippen LogP contribution in [-0.2, 0) is 11.3 Å². The van der Waals surface area contributed by atoms with Gasteiger partial charge in [-0.3, -0.25) is 4.99 Å². The Morgan fingerprint density at radius 2 is 2.22 bits per heavy atom. The molecule has 2 rings (SSSR count). The van der Waals surface area contributed by atoms with Crippen LogP contribution in [0.2, 0.25) is 0 Å². The number of ether oxygens (including phenoxy) is 2. The highest BCUT2D eigenvalue weighted by molar-refractivity contribution is 5.79. The zero-order chi connectivity index (χ0) is 16.9. The van der Waals surface area contributed by atoms with E-state index in [2.05, 4.69) is 12.2 Å². The topological polar surface area (TPSA) is 46.1 Å². The van der Waals surface area contributed by atoms with E-state index in [9.17, 15) is 4.39 Å². The second-order valence-electron chi connectivity index (χ2n) is 6.30. The van der Waals surface area contributed by atoms with Gasteiger partial charge < -0.3 is 19.7 Å². The summed E-state index contributed by atoms with van der Waals surface area (Å²) in [5.41, 5.74) is 1.00. The first kappa shape index (κ1) is 17.5. The monoisotopic (exact) mass is 323 g/mol. The molecule has 0 amide bonds. The Balaban J connectivity index is 2.03. The fourth-order valence-corrected chi connectivity index (χ4v) is 2.43. The lowest BCUT2D eigenvalue weighted by Gasteiger charge is -2.37. The van der Waals surface area contributed by atoms with Crippen molar-refractivity contribution in [1.82, 2.24) is 10.2 Å². The number of aliphatic imine (C=N–C) groups is 1. The van der Waals surface area contributed by atoms with Crippen LogP contribution in [0.25, 0.3) is 0 Å². The van der Waals surface area contributed by atoms with Crippen LogP contribution in [0, 0.1) is 11.2 Å². The van der Waals surface area contributed by atoms with Crippen LogP contribution in [0.3, 0.4) is 0 Å². The van der Waals surface area contributed by atoms with Crippen LogP contribution >= 0.6 is 0 Å². The minimum atomic E-state index is -0.348. The van der Waals surface area contributed by atoms with Crippen molar-refractivity contribution < 1.29 is 13.9 Å². The number of halogens is 1. The summed E-state index contributed by atoms with van der Waals surface area (Å²) in [5.74, 6) is 0.728. The van der Waals surface area contributed by atoms with Crippen molar-refractivity contribution in [3.8, 4) is 5.75 Å². The van der Waals surface area contributed by atoms with Crippen molar-refractivity contribution in [2.24, 2.45) is 10.4 Å². The summed E-state index contributed by atoms with van der Waals surface area (Å²) in [6.07, 6.45) is 0. The molecule has 0 spiro atoms. The van der Waals surface area contributed by atoms with Crippen LogP contribution in [0.15, 0.2) is 23.2 Å². The fraction of sp³-hybridized carbons (Fsp3) is 0.588. The van der Waals surface area contributed by atoms with Crippen LogP contribution in [0.1, 0.15) is 19.4 Å². The number of nitrogens with one attached hydrogen (secondary N) is 1. The first-order chi connectivity index (χ1) is 11.0. The van der Waals surface area contributed by atoms with E-state index in [1.54, 1.807) is 6.07 Å². The average Bonchev–Trinajstić information content (AvgIpc) is 2.49. The summed E-state index contributed by atoms with van der Waals surface area (Å²) in [6, 6.07) is 5.01. The van der Waals surface area contributed by atoms with E-state index in [4.69, 9.17) is 14.5 Å². The van der Waals surface area contributed by atoms with Gasteiger partial charge in [0.15, 0.2) is 17.5 Å². The predicted molar refractivity (Wildman–Crippen MR) is 89.3 cm³/mol. The molecule has 1 N–H and O–H groups in total. The Hall–Kier alpha value is -1.82. The fourth-order valence-electron chi connectivity index (χ4n) is 2.43. The van der Waals surface area contributed by atoms with Gasteiger partial charge in [0, 0.05) is 25.6 Å². The molecule has 1 aliphatic rings.